The lowest BCUT2D eigenvalue weighted by Crippen LogP contribution is -2.36. The summed E-state index contributed by atoms with van der Waals surface area (Å²) in [4.78, 5) is 4.06. The Labute approximate surface area is 85.5 Å². The highest BCUT2D eigenvalue weighted by Gasteiger charge is 2.09. The molecular weight excluding hydrogens is 176 g/mol. The van der Waals surface area contributed by atoms with Crippen molar-refractivity contribution in [3.05, 3.63) is 30.1 Å². The van der Waals surface area contributed by atoms with Gasteiger partial charge in [0.05, 0.1) is 6.10 Å². The average molecular weight is 194 g/mol. The minimum Gasteiger partial charge on any atom is -0.380 e. The number of ether oxygens (including phenoxy) is 1. The topological polar surface area (TPSA) is 34.1 Å². The Morgan fingerprint density at radius 2 is 2.29 bits per heavy atom. The zero-order valence-corrected chi connectivity index (χ0v) is 9.03. The molecule has 0 aliphatic carbocycles. The van der Waals surface area contributed by atoms with Crippen molar-refractivity contribution in [2.75, 3.05) is 7.11 Å². The third kappa shape index (κ3) is 3.44. The molecule has 0 aliphatic heterocycles. The zero-order valence-electron chi connectivity index (χ0n) is 9.03. The first kappa shape index (κ1) is 11.1. The van der Waals surface area contributed by atoms with E-state index in [9.17, 15) is 0 Å². The first-order chi connectivity index (χ1) is 6.74. The maximum Gasteiger partial charge on any atom is 0.0693 e. The van der Waals surface area contributed by atoms with Crippen LogP contribution in [0.1, 0.15) is 19.4 Å². The largest absolute Gasteiger partial charge is 0.380 e. The van der Waals surface area contributed by atoms with Crippen LogP contribution in [0.25, 0.3) is 0 Å². The second-order valence-electron chi connectivity index (χ2n) is 3.47. The molecule has 0 amide bonds. The predicted octanol–water partition coefficient (Wildman–Crippen LogP) is 1.59. The summed E-state index contributed by atoms with van der Waals surface area (Å²) in [5, 5.41) is 3.38. The molecular formula is C11H18N2O. The monoisotopic (exact) mass is 194 g/mol. The molecule has 2 atom stereocenters. The van der Waals surface area contributed by atoms with Crippen LogP contribution in [0, 0.1) is 0 Å². The number of hydrogen-bond donors (Lipinski definition) is 1. The molecule has 0 aliphatic rings. The summed E-state index contributed by atoms with van der Waals surface area (Å²) in [6.45, 7) is 5.01. The third-order valence-electron chi connectivity index (χ3n) is 2.43. The Morgan fingerprint density at radius 3 is 2.86 bits per heavy atom. The van der Waals surface area contributed by atoms with Crippen molar-refractivity contribution in [2.24, 2.45) is 0 Å². The first-order valence-corrected chi connectivity index (χ1v) is 4.89. The van der Waals surface area contributed by atoms with Crippen molar-refractivity contribution in [1.82, 2.24) is 10.3 Å². The van der Waals surface area contributed by atoms with E-state index >= 15 is 0 Å². The van der Waals surface area contributed by atoms with Crippen LogP contribution in [0.2, 0.25) is 0 Å². The fraction of sp³-hybridized carbons (Fsp3) is 0.545. The van der Waals surface area contributed by atoms with Gasteiger partial charge in [0, 0.05) is 32.1 Å². The fourth-order valence-electron chi connectivity index (χ4n) is 1.15. The van der Waals surface area contributed by atoms with Crippen molar-refractivity contribution < 1.29 is 4.74 Å². The van der Waals surface area contributed by atoms with Crippen molar-refractivity contribution in [2.45, 2.75) is 32.5 Å². The Kier molecular flexibility index (Phi) is 4.56. The van der Waals surface area contributed by atoms with Crippen LogP contribution in [0.5, 0.6) is 0 Å². The number of aromatic nitrogens is 1. The Morgan fingerprint density at radius 1 is 1.50 bits per heavy atom. The molecule has 78 valence electrons. The lowest BCUT2D eigenvalue weighted by Gasteiger charge is -2.19. The molecule has 0 bridgehead atoms. The van der Waals surface area contributed by atoms with Gasteiger partial charge in [0.2, 0.25) is 0 Å². The van der Waals surface area contributed by atoms with E-state index in [4.69, 9.17) is 4.74 Å². The quantitative estimate of drug-likeness (QED) is 0.773. The number of methoxy groups -OCH3 is 1. The number of nitrogens with one attached hydrogen (secondary N) is 1. The normalized spacial score (nSPS) is 15.1. The lowest BCUT2D eigenvalue weighted by molar-refractivity contribution is 0.0882. The molecule has 0 fully saturated rings. The molecule has 3 heteroatoms. The van der Waals surface area contributed by atoms with Gasteiger partial charge >= 0.3 is 0 Å². The van der Waals surface area contributed by atoms with Crippen LogP contribution < -0.4 is 5.32 Å². The molecule has 3 nitrogen and oxygen atoms in total. The highest BCUT2D eigenvalue weighted by atomic mass is 16.5. The third-order valence-corrected chi connectivity index (χ3v) is 2.43. The van der Waals surface area contributed by atoms with Crippen molar-refractivity contribution in [3.63, 3.8) is 0 Å². The summed E-state index contributed by atoms with van der Waals surface area (Å²) in [5.41, 5.74) is 1.20. The molecule has 1 heterocycles. The Hall–Kier alpha value is -0.930. The van der Waals surface area contributed by atoms with Crippen molar-refractivity contribution in [3.8, 4) is 0 Å². The van der Waals surface area contributed by atoms with Gasteiger partial charge in [-0.25, -0.2) is 0 Å². The van der Waals surface area contributed by atoms with Gasteiger partial charge in [0.15, 0.2) is 0 Å². The van der Waals surface area contributed by atoms with E-state index < -0.39 is 0 Å². The summed E-state index contributed by atoms with van der Waals surface area (Å²) < 4.78 is 5.22. The van der Waals surface area contributed by atoms with Gasteiger partial charge in [-0.15, -0.1) is 0 Å². The first-order valence-electron chi connectivity index (χ1n) is 4.89. The Bertz CT molecular complexity index is 251. The van der Waals surface area contributed by atoms with Crippen LogP contribution in [-0.2, 0) is 11.3 Å². The summed E-state index contributed by atoms with van der Waals surface area (Å²) >= 11 is 0. The molecule has 1 aromatic heterocycles. The highest BCUT2D eigenvalue weighted by molar-refractivity contribution is 5.07. The molecule has 14 heavy (non-hydrogen) atoms. The van der Waals surface area contributed by atoms with E-state index in [1.54, 1.807) is 13.3 Å². The molecule has 1 rings (SSSR count). The molecule has 0 aromatic carbocycles. The van der Waals surface area contributed by atoms with Crippen molar-refractivity contribution in [1.29, 1.82) is 0 Å². The van der Waals surface area contributed by atoms with Gasteiger partial charge < -0.3 is 10.1 Å². The predicted molar refractivity (Wildman–Crippen MR) is 57.0 cm³/mol. The van der Waals surface area contributed by atoms with Crippen LogP contribution in [-0.4, -0.2) is 24.2 Å². The van der Waals surface area contributed by atoms with E-state index in [0.717, 1.165) is 6.54 Å². The van der Waals surface area contributed by atoms with E-state index in [0.29, 0.717) is 6.04 Å². The van der Waals surface area contributed by atoms with E-state index in [-0.39, 0.29) is 6.10 Å². The molecule has 0 spiro atoms. The second-order valence-corrected chi connectivity index (χ2v) is 3.47. The van der Waals surface area contributed by atoms with Crippen LogP contribution in [0.4, 0.5) is 0 Å². The van der Waals surface area contributed by atoms with E-state index in [1.165, 1.54) is 5.56 Å². The smallest absolute Gasteiger partial charge is 0.0693 e. The van der Waals surface area contributed by atoms with Crippen LogP contribution in [0.15, 0.2) is 24.5 Å². The van der Waals surface area contributed by atoms with E-state index in [1.807, 2.05) is 12.3 Å². The number of pyridine rings is 1. The van der Waals surface area contributed by atoms with Gasteiger partial charge in [-0.2, -0.15) is 0 Å². The van der Waals surface area contributed by atoms with Crippen LogP contribution >= 0.6 is 0 Å². The highest BCUT2D eigenvalue weighted by Crippen LogP contribution is 1.99. The van der Waals surface area contributed by atoms with Gasteiger partial charge in [-0.1, -0.05) is 6.07 Å². The van der Waals surface area contributed by atoms with Crippen molar-refractivity contribution >= 4 is 0 Å². The summed E-state index contributed by atoms with van der Waals surface area (Å²) in [7, 11) is 1.73. The van der Waals surface area contributed by atoms with Gasteiger partial charge in [0.1, 0.15) is 0 Å². The maximum absolute atomic E-state index is 5.22. The minimum atomic E-state index is 0.228. The maximum atomic E-state index is 5.22. The van der Waals surface area contributed by atoms with Gasteiger partial charge in [-0.3, -0.25) is 4.98 Å². The molecule has 1 N–H and O–H groups in total. The summed E-state index contributed by atoms with van der Waals surface area (Å²) in [6.07, 6.45) is 3.88. The summed E-state index contributed by atoms with van der Waals surface area (Å²) in [6, 6.07) is 4.35. The molecule has 0 saturated heterocycles. The molecule has 1 aromatic rings. The average Bonchev–Trinajstić information content (AvgIpc) is 2.26. The van der Waals surface area contributed by atoms with Crippen LogP contribution in [0.3, 0.4) is 0 Å². The zero-order chi connectivity index (χ0) is 10.4. The Balaban J connectivity index is 2.34. The summed E-state index contributed by atoms with van der Waals surface area (Å²) in [5.74, 6) is 0. The lowest BCUT2D eigenvalue weighted by atomic mass is 10.2. The standard InChI is InChI=1S/C11H18N2O/c1-9(10(2)14-3)13-8-11-5-4-6-12-7-11/h4-7,9-10,13H,8H2,1-3H3. The number of hydrogen-bond acceptors (Lipinski definition) is 3. The number of rotatable bonds is 5. The SMILES string of the molecule is COC(C)C(C)NCc1cccnc1. The number of nitrogens with zero attached hydrogens (tertiary/aromatic N) is 1. The molecule has 2 unspecified atom stereocenters. The van der Waals surface area contributed by atoms with Gasteiger partial charge in [0.25, 0.3) is 0 Å². The molecule has 0 radical (unpaired) electrons. The fourth-order valence-corrected chi connectivity index (χ4v) is 1.15. The van der Waals surface area contributed by atoms with E-state index in [2.05, 4.69) is 30.2 Å². The second kappa shape index (κ2) is 5.73. The van der Waals surface area contributed by atoms with Gasteiger partial charge in [-0.05, 0) is 25.5 Å². The molecule has 0 saturated carbocycles. The minimum absolute atomic E-state index is 0.228.